The third kappa shape index (κ3) is 2.70. The fraction of sp³-hybridized carbons (Fsp3) is 0.133. The molecule has 3 rings (SSSR count). The molecule has 0 saturated carbocycles. The van der Waals surface area contributed by atoms with Crippen LogP contribution in [0.3, 0.4) is 0 Å². The van der Waals surface area contributed by atoms with E-state index in [-0.39, 0.29) is 0 Å². The molecule has 5 heteroatoms. The van der Waals surface area contributed by atoms with Crippen molar-refractivity contribution in [2.45, 2.75) is 13.5 Å². The van der Waals surface area contributed by atoms with Crippen molar-refractivity contribution in [3.63, 3.8) is 0 Å². The highest BCUT2D eigenvalue weighted by Crippen LogP contribution is 2.24. The Hall–Kier alpha value is -2.20. The van der Waals surface area contributed by atoms with Crippen LogP contribution < -0.4 is 4.74 Å². The van der Waals surface area contributed by atoms with E-state index in [1.807, 2.05) is 25.1 Å². The lowest BCUT2D eigenvalue weighted by molar-refractivity contribution is 0.288. The number of aryl methyl sites for hydroxylation is 1. The third-order valence-electron chi connectivity index (χ3n) is 2.84. The second-order valence-electron chi connectivity index (χ2n) is 4.36. The first-order valence-corrected chi connectivity index (χ1v) is 6.48. The maximum Gasteiger partial charge on any atom is 0.202 e. The van der Waals surface area contributed by atoms with Gasteiger partial charge in [0, 0.05) is 11.1 Å². The molecule has 0 atom stereocenters. The van der Waals surface area contributed by atoms with Gasteiger partial charge in [0.05, 0.1) is 6.26 Å². The van der Waals surface area contributed by atoms with E-state index in [1.165, 1.54) is 0 Å². The average Bonchev–Trinajstić information content (AvgIpc) is 3.08. The van der Waals surface area contributed by atoms with Crippen LogP contribution in [-0.4, -0.2) is 5.16 Å². The Labute approximate surface area is 120 Å². The highest BCUT2D eigenvalue weighted by atomic mass is 35.5. The monoisotopic (exact) mass is 289 g/mol. The van der Waals surface area contributed by atoms with Crippen molar-refractivity contribution < 1.29 is 13.7 Å². The third-order valence-corrected chi connectivity index (χ3v) is 3.07. The van der Waals surface area contributed by atoms with Gasteiger partial charge in [-0.25, -0.2) is 0 Å². The Balaban J connectivity index is 1.70. The van der Waals surface area contributed by atoms with E-state index in [4.69, 9.17) is 25.3 Å². The SMILES string of the molecule is Cc1cc(Cl)ccc1OCc1cc(-c2ccco2)on1. The molecule has 1 aromatic carbocycles. The quantitative estimate of drug-likeness (QED) is 0.711. The van der Waals surface area contributed by atoms with Crippen LogP contribution in [0.25, 0.3) is 11.5 Å². The zero-order valence-corrected chi connectivity index (χ0v) is 11.6. The van der Waals surface area contributed by atoms with Crippen molar-refractivity contribution in [3.05, 3.63) is 58.9 Å². The van der Waals surface area contributed by atoms with Gasteiger partial charge < -0.3 is 13.7 Å². The smallest absolute Gasteiger partial charge is 0.202 e. The molecule has 0 fully saturated rings. The summed E-state index contributed by atoms with van der Waals surface area (Å²) in [4.78, 5) is 0. The number of benzene rings is 1. The molecule has 0 saturated heterocycles. The fourth-order valence-corrected chi connectivity index (χ4v) is 2.07. The van der Waals surface area contributed by atoms with Gasteiger partial charge in [0.1, 0.15) is 18.1 Å². The Morgan fingerprint density at radius 2 is 2.10 bits per heavy atom. The van der Waals surface area contributed by atoms with Gasteiger partial charge in [0.2, 0.25) is 5.76 Å². The van der Waals surface area contributed by atoms with Gasteiger partial charge in [-0.05, 0) is 42.8 Å². The topological polar surface area (TPSA) is 48.4 Å². The fourth-order valence-electron chi connectivity index (χ4n) is 1.84. The van der Waals surface area contributed by atoms with Crippen LogP contribution in [0.5, 0.6) is 5.75 Å². The van der Waals surface area contributed by atoms with E-state index in [9.17, 15) is 0 Å². The van der Waals surface area contributed by atoms with Crippen LogP contribution in [-0.2, 0) is 6.61 Å². The molecule has 2 heterocycles. The minimum Gasteiger partial charge on any atom is -0.487 e. The van der Waals surface area contributed by atoms with Crippen LogP contribution >= 0.6 is 11.6 Å². The Morgan fingerprint density at radius 1 is 1.20 bits per heavy atom. The van der Waals surface area contributed by atoms with Gasteiger partial charge in [-0.2, -0.15) is 0 Å². The van der Waals surface area contributed by atoms with Gasteiger partial charge >= 0.3 is 0 Å². The molecule has 0 aliphatic rings. The molecule has 4 nitrogen and oxygen atoms in total. The van der Waals surface area contributed by atoms with E-state index in [0.29, 0.717) is 28.8 Å². The van der Waals surface area contributed by atoms with E-state index in [0.717, 1.165) is 11.3 Å². The van der Waals surface area contributed by atoms with Crippen LogP contribution in [0.15, 0.2) is 51.6 Å². The molecule has 0 spiro atoms. The van der Waals surface area contributed by atoms with Crippen molar-refractivity contribution in [1.82, 2.24) is 5.16 Å². The number of halogens is 1. The Morgan fingerprint density at radius 3 is 2.85 bits per heavy atom. The number of nitrogens with zero attached hydrogens (tertiary/aromatic N) is 1. The zero-order valence-electron chi connectivity index (χ0n) is 10.8. The summed E-state index contributed by atoms with van der Waals surface area (Å²) in [6, 6.07) is 10.9. The van der Waals surface area contributed by atoms with Gasteiger partial charge in [0.15, 0.2) is 5.76 Å². The summed E-state index contributed by atoms with van der Waals surface area (Å²) in [5.41, 5.74) is 1.68. The predicted octanol–water partition coefficient (Wildman–Crippen LogP) is 4.48. The molecule has 0 aliphatic carbocycles. The van der Waals surface area contributed by atoms with Gasteiger partial charge in [-0.15, -0.1) is 0 Å². The maximum atomic E-state index is 5.90. The molecule has 0 unspecified atom stereocenters. The standard InChI is InChI=1S/C15H12ClNO3/c1-10-7-11(16)4-5-13(10)19-9-12-8-15(20-17-12)14-3-2-6-18-14/h2-8H,9H2,1H3. The summed E-state index contributed by atoms with van der Waals surface area (Å²) in [5.74, 6) is 2.00. The normalized spacial score (nSPS) is 10.7. The highest BCUT2D eigenvalue weighted by Gasteiger charge is 2.10. The minimum atomic E-state index is 0.326. The minimum absolute atomic E-state index is 0.326. The summed E-state index contributed by atoms with van der Waals surface area (Å²) in [6.07, 6.45) is 1.59. The van der Waals surface area contributed by atoms with Crippen LogP contribution in [0.4, 0.5) is 0 Å². The van der Waals surface area contributed by atoms with E-state index in [2.05, 4.69) is 5.16 Å². The van der Waals surface area contributed by atoms with Gasteiger partial charge in [-0.1, -0.05) is 16.8 Å². The number of aromatic nitrogens is 1. The van der Waals surface area contributed by atoms with Crippen molar-refractivity contribution >= 4 is 11.6 Å². The molecular formula is C15H12ClNO3. The molecular weight excluding hydrogens is 278 g/mol. The number of furan rings is 1. The number of hydrogen-bond acceptors (Lipinski definition) is 4. The maximum absolute atomic E-state index is 5.90. The van der Waals surface area contributed by atoms with E-state index >= 15 is 0 Å². The molecule has 0 aliphatic heterocycles. The van der Waals surface area contributed by atoms with Crippen LogP contribution in [0.1, 0.15) is 11.3 Å². The highest BCUT2D eigenvalue weighted by molar-refractivity contribution is 6.30. The molecule has 0 N–H and O–H groups in total. The van der Waals surface area contributed by atoms with Gasteiger partial charge in [-0.3, -0.25) is 0 Å². The molecule has 0 bridgehead atoms. The lowest BCUT2D eigenvalue weighted by atomic mass is 10.2. The summed E-state index contributed by atoms with van der Waals surface area (Å²) < 4.78 is 16.1. The second-order valence-corrected chi connectivity index (χ2v) is 4.79. The van der Waals surface area contributed by atoms with Crippen LogP contribution in [0.2, 0.25) is 5.02 Å². The number of rotatable bonds is 4. The molecule has 0 amide bonds. The lowest BCUT2D eigenvalue weighted by Crippen LogP contribution is -1.96. The van der Waals surface area contributed by atoms with Gasteiger partial charge in [0.25, 0.3) is 0 Å². The Kier molecular flexibility index (Phi) is 3.48. The molecule has 20 heavy (non-hydrogen) atoms. The summed E-state index contributed by atoms with van der Waals surface area (Å²) in [7, 11) is 0. The molecule has 0 radical (unpaired) electrons. The second kappa shape index (κ2) is 5.43. The van der Waals surface area contributed by atoms with Crippen LogP contribution in [0, 0.1) is 6.92 Å². The van der Waals surface area contributed by atoms with E-state index in [1.54, 1.807) is 24.5 Å². The Bertz CT molecular complexity index is 704. The van der Waals surface area contributed by atoms with Crippen molar-refractivity contribution in [2.75, 3.05) is 0 Å². The summed E-state index contributed by atoms with van der Waals surface area (Å²) in [5, 5.41) is 4.64. The molecule has 2 aromatic heterocycles. The first-order chi connectivity index (χ1) is 9.72. The largest absolute Gasteiger partial charge is 0.487 e. The number of ether oxygens (including phenoxy) is 1. The molecule has 3 aromatic rings. The lowest BCUT2D eigenvalue weighted by Gasteiger charge is -2.07. The van der Waals surface area contributed by atoms with Crippen molar-refractivity contribution in [1.29, 1.82) is 0 Å². The van der Waals surface area contributed by atoms with Crippen molar-refractivity contribution in [2.24, 2.45) is 0 Å². The molecule has 102 valence electrons. The zero-order chi connectivity index (χ0) is 13.9. The summed E-state index contributed by atoms with van der Waals surface area (Å²) >= 11 is 5.90. The average molecular weight is 290 g/mol. The number of hydrogen-bond donors (Lipinski definition) is 0. The summed E-state index contributed by atoms with van der Waals surface area (Å²) in [6.45, 7) is 2.27. The van der Waals surface area contributed by atoms with E-state index < -0.39 is 0 Å². The first kappa shape index (κ1) is 12.8. The predicted molar refractivity (Wildman–Crippen MR) is 74.7 cm³/mol. The van der Waals surface area contributed by atoms with Crippen molar-refractivity contribution in [3.8, 4) is 17.3 Å². The first-order valence-electron chi connectivity index (χ1n) is 6.11.